The zero-order valence-corrected chi connectivity index (χ0v) is 16.8. The van der Waals surface area contributed by atoms with Crippen molar-refractivity contribution >= 4 is 17.5 Å². The number of benzene rings is 1. The molecule has 0 radical (unpaired) electrons. The number of fused-ring (bicyclic) bond motifs is 2. The Balaban J connectivity index is 1.52. The molecule has 1 N–H and O–H groups in total. The Labute approximate surface area is 174 Å². The van der Waals surface area contributed by atoms with Crippen LogP contribution in [0.25, 0.3) is 0 Å². The predicted octanol–water partition coefficient (Wildman–Crippen LogP) is 2.84. The Bertz CT molecular complexity index is 1110. The van der Waals surface area contributed by atoms with Gasteiger partial charge in [-0.15, -0.1) is 0 Å². The molecule has 2 unspecified atom stereocenters. The molecule has 0 saturated carbocycles. The molecule has 2 atom stereocenters. The number of aromatic nitrogens is 3. The number of nitrogens with zero attached hydrogens (tertiary/aromatic N) is 4. The Kier molecular flexibility index (Phi) is 4.38. The average Bonchev–Trinajstić information content (AvgIpc) is 3.44. The highest BCUT2D eigenvalue weighted by atomic mass is 16.2. The van der Waals surface area contributed by atoms with E-state index in [0.717, 1.165) is 22.6 Å². The summed E-state index contributed by atoms with van der Waals surface area (Å²) < 4.78 is 1.97. The van der Waals surface area contributed by atoms with Crippen LogP contribution in [0.5, 0.6) is 0 Å². The van der Waals surface area contributed by atoms with Crippen LogP contribution < -0.4 is 5.32 Å². The highest BCUT2D eigenvalue weighted by molar-refractivity contribution is 6.07. The Hall–Kier alpha value is -3.48. The predicted molar refractivity (Wildman–Crippen MR) is 112 cm³/mol. The first-order valence-corrected chi connectivity index (χ1v) is 10.2. The van der Waals surface area contributed by atoms with E-state index in [1.807, 2.05) is 59.0 Å². The fourth-order valence-electron chi connectivity index (χ4n) is 4.96. The molecule has 5 rings (SSSR count). The largest absolute Gasteiger partial charge is 0.335 e. The summed E-state index contributed by atoms with van der Waals surface area (Å²) in [5.41, 5.74) is 1.89. The van der Waals surface area contributed by atoms with Crippen LogP contribution in [0.4, 0.5) is 5.69 Å². The van der Waals surface area contributed by atoms with E-state index in [2.05, 4.69) is 15.3 Å². The molecule has 7 heteroatoms. The molecule has 2 amide bonds. The van der Waals surface area contributed by atoms with Crippen molar-refractivity contribution in [2.75, 3.05) is 11.9 Å². The first-order valence-electron chi connectivity index (χ1n) is 10.2. The number of aryl methyl sites for hydroxylation is 2. The quantitative estimate of drug-likeness (QED) is 0.729. The maximum absolute atomic E-state index is 13.3. The van der Waals surface area contributed by atoms with Crippen molar-refractivity contribution in [3.63, 3.8) is 0 Å². The number of nitrogens with one attached hydrogen (secondary N) is 1. The molecule has 152 valence electrons. The third kappa shape index (κ3) is 2.73. The fraction of sp³-hybridized carbons (Fsp3) is 0.304. The Morgan fingerprint density at radius 1 is 1.23 bits per heavy atom. The molecule has 0 bridgehead atoms. The molecule has 30 heavy (non-hydrogen) atoms. The molecule has 1 aromatic carbocycles. The first-order chi connectivity index (χ1) is 14.6. The monoisotopic (exact) mass is 401 g/mol. The molecule has 2 aliphatic rings. The van der Waals surface area contributed by atoms with Crippen LogP contribution in [-0.4, -0.2) is 37.8 Å². The summed E-state index contributed by atoms with van der Waals surface area (Å²) >= 11 is 0. The molecule has 1 fully saturated rings. The number of hydrogen-bond acceptors (Lipinski definition) is 4. The number of carbonyl (C=O) groups is 2. The summed E-state index contributed by atoms with van der Waals surface area (Å²) in [6.45, 7) is 3.02. The summed E-state index contributed by atoms with van der Waals surface area (Å²) in [5, 5.41) is 3.04. The lowest BCUT2D eigenvalue weighted by atomic mass is 9.73. The average molecular weight is 401 g/mol. The second-order valence-corrected chi connectivity index (χ2v) is 7.91. The maximum Gasteiger partial charge on any atom is 0.237 e. The van der Waals surface area contributed by atoms with Crippen LogP contribution in [0, 0.1) is 6.92 Å². The van der Waals surface area contributed by atoms with E-state index in [4.69, 9.17) is 0 Å². The van der Waals surface area contributed by atoms with Crippen molar-refractivity contribution in [2.45, 2.75) is 37.8 Å². The summed E-state index contributed by atoms with van der Waals surface area (Å²) in [6, 6.07) is 11.2. The van der Waals surface area contributed by atoms with Crippen LogP contribution in [0.1, 0.15) is 35.8 Å². The summed E-state index contributed by atoms with van der Waals surface area (Å²) in [6.07, 6.45) is 8.04. The van der Waals surface area contributed by atoms with Gasteiger partial charge in [-0.2, -0.15) is 0 Å². The SMILES string of the molecule is Cc1nccn1CCC(=O)N1CCC2(C(=O)Nc3ccccc32)C1c1cccnc1. The second kappa shape index (κ2) is 7.09. The first kappa shape index (κ1) is 18.5. The molecule has 4 heterocycles. The van der Waals surface area contributed by atoms with Crippen molar-refractivity contribution in [3.8, 4) is 0 Å². The van der Waals surface area contributed by atoms with Crippen molar-refractivity contribution in [1.29, 1.82) is 0 Å². The fourth-order valence-corrected chi connectivity index (χ4v) is 4.96. The van der Waals surface area contributed by atoms with Crippen molar-refractivity contribution in [2.24, 2.45) is 0 Å². The van der Waals surface area contributed by atoms with Gasteiger partial charge in [-0.3, -0.25) is 14.6 Å². The smallest absolute Gasteiger partial charge is 0.237 e. The van der Waals surface area contributed by atoms with E-state index >= 15 is 0 Å². The summed E-state index contributed by atoms with van der Waals surface area (Å²) in [7, 11) is 0. The number of likely N-dealkylation sites (tertiary alicyclic amines) is 1. The number of hydrogen-bond donors (Lipinski definition) is 1. The summed E-state index contributed by atoms with van der Waals surface area (Å²) in [5.74, 6) is 0.873. The van der Waals surface area contributed by atoms with Crippen LogP contribution in [0.3, 0.4) is 0 Å². The lowest BCUT2D eigenvalue weighted by molar-refractivity contribution is -0.133. The maximum atomic E-state index is 13.3. The lowest BCUT2D eigenvalue weighted by Gasteiger charge is -2.34. The minimum Gasteiger partial charge on any atom is -0.335 e. The second-order valence-electron chi connectivity index (χ2n) is 7.91. The van der Waals surface area contributed by atoms with Gasteiger partial charge in [0.1, 0.15) is 11.2 Å². The van der Waals surface area contributed by atoms with E-state index < -0.39 is 5.41 Å². The number of imidazole rings is 1. The molecule has 7 nitrogen and oxygen atoms in total. The van der Waals surface area contributed by atoms with Crippen LogP contribution in [0.15, 0.2) is 61.2 Å². The zero-order chi connectivity index (χ0) is 20.7. The van der Waals surface area contributed by atoms with Gasteiger partial charge in [-0.25, -0.2) is 4.98 Å². The van der Waals surface area contributed by atoms with E-state index in [-0.39, 0.29) is 17.9 Å². The number of anilines is 1. The minimum atomic E-state index is -0.791. The van der Waals surface area contributed by atoms with E-state index in [9.17, 15) is 9.59 Å². The molecular formula is C23H23N5O2. The third-order valence-electron chi connectivity index (χ3n) is 6.40. The van der Waals surface area contributed by atoms with Crippen molar-refractivity contribution in [3.05, 3.63) is 78.1 Å². The van der Waals surface area contributed by atoms with Gasteiger partial charge in [0.05, 0.1) is 6.04 Å². The number of para-hydroxylation sites is 1. The molecule has 3 aromatic rings. The standard InChI is InChI=1S/C23H23N5O2/c1-16-25-11-14-27(16)12-8-20(29)28-13-9-23(21(28)17-5-4-10-24-15-17)18-6-2-3-7-19(18)26-22(23)30/h2-7,10-11,14-15,21H,8-9,12-13H2,1H3,(H,26,30). The molecular weight excluding hydrogens is 378 g/mol. The van der Waals surface area contributed by atoms with Crippen LogP contribution in [-0.2, 0) is 21.5 Å². The third-order valence-corrected chi connectivity index (χ3v) is 6.40. The van der Waals surface area contributed by atoms with Gasteiger partial charge in [-0.1, -0.05) is 24.3 Å². The minimum absolute atomic E-state index is 0.0333. The van der Waals surface area contributed by atoms with E-state index in [0.29, 0.717) is 25.9 Å². The van der Waals surface area contributed by atoms with E-state index in [1.165, 1.54) is 0 Å². The molecule has 2 aliphatic heterocycles. The van der Waals surface area contributed by atoms with Crippen molar-refractivity contribution < 1.29 is 9.59 Å². The van der Waals surface area contributed by atoms with Gasteiger partial charge >= 0.3 is 0 Å². The normalized spacial score (nSPS) is 22.4. The number of amides is 2. The van der Waals surface area contributed by atoms with Gasteiger partial charge in [-0.05, 0) is 36.6 Å². The molecule has 1 saturated heterocycles. The highest BCUT2D eigenvalue weighted by Crippen LogP contribution is 2.54. The zero-order valence-electron chi connectivity index (χ0n) is 16.8. The topological polar surface area (TPSA) is 80.1 Å². The van der Waals surface area contributed by atoms with Gasteiger partial charge < -0.3 is 14.8 Å². The van der Waals surface area contributed by atoms with Gasteiger partial charge in [0.25, 0.3) is 0 Å². The van der Waals surface area contributed by atoms with Gasteiger partial charge in [0.2, 0.25) is 11.8 Å². The van der Waals surface area contributed by atoms with Gasteiger partial charge in [0.15, 0.2) is 0 Å². The Morgan fingerprint density at radius 2 is 2.10 bits per heavy atom. The van der Waals surface area contributed by atoms with Gasteiger partial charge in [0, 0.05) is 50.0 Å². The highest BCUT2D eigenvalue weighted by Gasteiger charge is 2.59. The van der Waals surface area contributed by atoms with Crippen LogP contribution >= 0.6 is 0 Å². The van der Waals surface area contributed by atoms with E-state index in [1.54, 1.807) is 18.6 Å². The van der Waals surface area contributed by atoms with Crippen LogP contribution in [0.2, 0.25) is 0 Å². The molecule has 1 spiro atoms. The number of carbonyl (C=O) groups excluding carboxylic acids is 2. The molecule has 0 aliphatic carbocycles. The number of rotatable bonds is 4. The Morgan fingerprint density at radius 3 is 2.87 bits per heavy atom. The lowest BCUT2D eigenvalue weighted by Crippen LogP contribution is -2.42. The number of pyridine rings is 1. The molecule has 2 aromatic heterocycles. The summed E-state index contributed by atoms with van der Waals surface area (Å²) in [4.78, 5) is 37.0. The van der Waals surface area contributed by atoms with Crippen molar-refractivity contribution in [1.82, 2.24) is 19.4 Å².